The fourth-order valence-corrected chi connectivity index (χ4v) is 1.31. The number of carbonyl (C=O) groups is 2. The van der Waals surface area contributed by atoms with Crippen LogP contribution in [0.2, 0.25) is 0 Å². The van der Waals surface area contributed by atoms with Gasteiger partial charge in [0, 0.05) is 6.42 Å². The zero-order valence-corrected chi connectivity index (χ0v) is 15.4. The second-order valence-corrected chi connectivity index (χ2v) is 4.53. The summed E-state index contributed by atoms with van der Waals surface area (Å²) in [5.41, 5.74) is 0. The summed E-state index contributed by atoms with van der Waals surface area (Å²) in [5, 5.41) is 19.3. The summed E-state index contributed by atoms with van der Waals surface area (Å²) >= 11 is 0. The normalized spacial score (nSPS) is 10.8. The summed E-state index contributed by atoms with van der Waals surface area (Å²) in [6, 6.07) is -0.411. The Morgan fingerprint density at radius 1 is 1.05 bits per heavy atom. The summed E-state index contributed by atoms with van der Waals surface area (Å²) in [6.45, 7) is 6.30. The molecule has 116 valence electrons. The van der Waals surface area contributed by atoms with Gasteiger partial charge in [0.1, 0.15) is 6.04 Å². The Morgan fingerprint density at radius 2 is 1.50 bits per heavy atom. The van der Waals surface area contributed by atoms with Crippen LogP contribution in [0.1, 0.15) is 67.1 Å². The number of carboxylic acid groups (broad SMARTS) is 2. The van der Waals surface area contributed by atoms with Gasteiger partial charge in [-0.05, 0) is 19.9 Å². The fraction of sp³-hybridized carbons (Fsp3) is 0.857. The Kier molecular flexibility index (Phi) is 23.5. The van der Waals surface area contributed by atoms with Crippen molar-refractivity contribution in [3.63, 3.8) is 0 Å². The van der Waals surface area contributed by atoms with Crippen LogP contribution in [0.3, 0.4) is 0 Å². The summed E-state index contributed by atoms with van der Waals surface area (Å²) in [4.78, 5) is 19.8. The molecular formula is C14H30NNaO4. The van der Waals surface area contributed by atoms with Crippen molar-refractivity contribution in [3.05, 3.63) is 0 Å². The molecule has 0 aliphatic rings. The van der Waals surface area contributed by atoms with Gasteiger partial charge in [0.25, 0.3) is 0 Å². The van der Waals surface area contributed by atoms with Crippen LogP contribution < -0.4 is 34.9 Å². The Hall–Kier alpha value is -0.100. The van der Waals surface area contributed by atoms with Crippen molar-refractivity contribution in [2.45, 2.75) is 71.8 Å². The van der Waals surface area contributed by atoms with Crippen molar-refractivity contribution in [3.8, 4) is 0 Å². The van der Waals surface area contributed by atoms with Gasteiger partial charge in [-0.15, -0.1) is 0 Å². The standard InChI is InChI=1S/C11H23NO2.C3H6O2.Na.H/c1-3-4-5-6-7-8-9-12-10(2)11(13)14;1-2-3(4)5;;/h10,12H,3-9H2,1-2H3,(H,13,14);2H2,1H3,(H,4,5);;/q;;+1;-1. The fourth-order valence-electron chi connectivity index (χ4n) is 1.31. The minimum absolute atomic E-state index is 0. The monoisotopic (exact) mass is 299 g/mol. The van der Waals surface area contributed by atoms with Gasteiger partial charge in [-0.2, -0.15) is 0 Å². The van der Waals surface area contributed by atoms with Crippen molar-refractivity contribution in [2.75, 3.05) is 6.54 Å². The molecular weight excluding hydrogens is 269 g/mol. The molecule has 20 heavy (non-hydrogen) atoms. The molecule has 1 unspecified atom stereocenters. The minimum Gasteiger partial charge on any atom is -1.00 e. The number of nitrogens with one attached hydrogen (secondary N) is 1. The van der Waals surface area contributed by atoms with Crippen LogP contribution in [-0.4, -0.2) is 34.7 Å². The SMILES string of the molecule is CCC(=O)O.CCCCCCCCNC(C)C(=O)O.[H-].[Na+]. The van der Waals surface area contributed by atoms with Crippen LogP contribution in [0.4, 0.5) is 0 Å². The first kappa shape index (κ1) is 24.9. The van der Waals surface area contributed by atoms with Crippen LogP contribution >= 0.6 is 0 Å². The maximum absolute atomic E-state index is 10.4. The molecule has 0 aliphatic heterocycles. The maximum atomic E-state index is 10.4. The van der Waals surface area contributed by atoms with Crippen molar-refractivity contribution in [2.24, 2.45) is 0 Å². The van der Waals surface area contributed by atoms with Gasteiger partial charge in [-0.25, -0.2) is 0 Å². The van der Waals surface area contributed by atoms with E-state index in [1.807, 2.05) is 0 Å². The minimum atomic E-state index is -0.768. The molecule has 0 saturated carbocycles. The number of carboxylic acids is 2. The van der Waals surface area contributed by atoms with Crippen molar-refractivity contribution >= 4 is 11.9 Å². The smallest absolute Gasteiger partial charge is 1.00 e. The number of rotatable bonds is 10. The first-order chi connectivity index (χ1) is 8.95. The van der Waals surface area contributed by atoms with E-state index in [1.54, 1.807) is 13.8 Å². The second-order valence-electron chi connectivity index (χ2n) is 4.53. The van der Waals surface area contributed by atoms with Crippen LogP contribution in [0, 0.1) is 0 Å². The molecule has 1 atom stereocenters. The molecule has 6 heteroatoms. The van der Waals surface area contributed by atoms with Gasteiger partial charge in [-0.3, -0.25) is 9.59 Å². The van der Waals surface area contributed by atoms with Crippen LogP contribution in [-0.2, 0) is 9.59 Å². The van der Waals surface area contributed by atoms with E-state index in [-0.39, 0.29) is 37.4 Å². The van der Waals surface area contributed by atoms with E-state index in [9.17, 15) is 9.59 Å². The molecule has 0 radical (unpaired) electrons. The molecule has 0 saturated heterocycles. The van der Waals surface area contributed by atoms with Gasteiger partial charge in [-0.1, -0.05) is 46.0 Å². The van der Waals surface area contributed by atoms with Gasteiger partial charge < -0.3 is 17.0 Å². The molecule has 0 rings (SSSR count). The van der Waals surface area contributed by atoms with Crippen molar-refractivity contribution in [1.82, 2.24) is 5.32 Å². The van der Waals surface area contributed by atoms with E-state index in [1.165, 1.54) is 32.1 Å². The molecule has 0 aromatic rings. The Morgan fingerprint density at radius 3 is 1.90 bits per heavy atom. The molecule has 3 N–H and O–H groups in total. The first-order valence-electron chi connectivity index (χ1n) is 7.13. The summed E-state index contributed by atoms with van der Waals surface area (Å²) in [5.74, 6) is -1.51. The summed E-state index contributed by atoms with van der Waals surface area (Å²) < 4.78 is 0. The Balaban J connectivity index is -0.000000179. The first-order valence-corrected chi connectivity index (χ1v) is 7.13. The van der Waals surface area contributed by atoms with Crippen LogP contribution in [0.15, 0.2) is 0 Å². The Bertz CT molecular complexity index is 243. The summed E-state index contributed by atoms with van der Waals surface area (Å²) in [6.07, 6.45) is 7.69. The third-order valence-corrected chi connectivity index (χ3v) is 2.65. The molecule has 0 aromatic carbocycles. The summed E-state index contributed by atoms with van der Waals surface area (Å²) in [7, 11) is 0. The number of aliphatic carboxylic acids is 2. The van der Waals surface area contributed by atoms with Crippen molar-refractivity contribution in [1.29, 1.82) is 0 Å². The average Bonchev–Trinajstić information content (AvgIpc) is 2.38. The molecule has 0 fully saturated rings. The van der Waals surface area contributed by atoms with E-state index in [2.05, 4.69) is 12.2 Å². The van der Waals surface area contributed by atoms with E-state index in [0.29, 0.717) is 0 Å². The van der Waals surface area contributed by atoms with Crippen LogP contribution in [0.5, 0.6) is 0 Å². The number of unbranched alkanes of at least 4 members (excludes halogenated alkanes) is 5. The molecule has 0 aliphatic carbocycles. The number of hydrogen-bond acceptors (Lipinski definition) is 3. The van der Waals surface area contributed by atoms with Crippen LogP contribution in [0.25, 0.3) is 0 Å². The van der Waals surface area contributed by atoms with E-state index in [0.717, 1.165) is 13.0 Å². The van der Waals surface area contributed by atoms with Gasteiger partial charge in [0.15, 0.2) is 0 Å². The Labute approximate surface area is 146 Å². The van der Waals surface area contributed by atoms with Gasteiger partial charge in [0.05, 0.1) is 0 Å². The predicted molar refractivity (Wildman–Crippen MR) is 77.5 cm³/mol. The van der Waals surface area contributed by atoms with E-state index >= 15 is 0 Å². The topological polar surface area (TPSA) is 86.6 Å². The number of hydrogen-bond donors (Lipinski definition) is 3. The molecule has 0 bridgehead atoms. The zero-order valence-electron chi connectivity index (χ0n) is 14.4. The third-order valence-electron chi connectivity index (χ3n) is 2.65. The zero-order chi connectivity index (χ0) is 15.1. The second kappa shape index (κ2) is 18.9. The van der Waals surface area contributed by atoms with Gasteiger partial charge >= 0.3 is 41.5 Å². The van der Waals surface area contributed by atoms with Gasteiger partial charge in [0.2, 0.25) is 0 Å². The van der Waals surface area contributed by atoms with Crippen molar-refractivity contribution < 1.29 is 50.8 Å². The quantitative estimate of drug-likeness (QED) is 0.391. The van der Waals surface area contributed by atoms with E-state index < -0.39 is 18.0 Å². The predicted octanol–water partition coefficient (Wildman–Crippen LogP) is 0.00710. The molecule has 0 spiro atoms. The molecule has 0 aromatic heterocycles. The largest absolute Gasteiger partial charge is 1.00 e. The van der Waals surface area contributed by atoms with E-state index in [4.69, 9.17) is 10.2 Å². The maximum Gasteiger partial charge on any atom is 1.00 e. The molecule has 5 nitrogen and oxygen atoms in total. The molecule has 0 amide bonds. The third kappa shape index (κ3) is 23.0. The molecule has 0 heterocycles. The average molecular weight is 299 g/mol.